The summed E-state index contributed by atoms with van der Waals surface area (Å²) >= 11 is 0. The number of aliphatic hydroxyl groups is 5. The van der Waals surface area contributed by atoms with Crippen molar-refractivity contribution in [2.75, 3.05) is 34.8 Å². The van der Waals surface area contributed by atoms with Crippen molar-refractivity contribution in [3.8, 4) is 0 Å². The Morgan fingerprint density at radius 1 is 0.942 bits per heavy atom. The van der Waals surface area contributed by atoms with Gasteiger partial charge in [-0.05, 0) is 94.8 Å². The average molecular weight is 749 g/mol. The molecule has 0 spiro atoms. The van der Waals surface area contributed by atoms with Gasteiger partial charge in [-0.25, -0.2) is 0 Å². The standard InChI is InChI=1S/C38H72N2O12/c1-15-27-38(10,46)31(42)24(6)40(13)19-20(2)17-36(8,45)33(52-35-29(41)26(39(11)12)16-21(3)48-35)22(4)30(23(5)34(44)50-27)51-28-18-37(9,47-14)32(43)25(7)49-28/h20-33,35,41-43,45-46H,15-19H2,1-14H3/t20-,21-,22+,23-,24-,25+,26+,27-,28+,29-,30+,31-,32+,33?,35+,36?,37-,38-/m1/s1. The lowest BCUT2D eigenvalue weighted by atomic mass is 9.77. The first-order valence-electron chi connectivity index (χ1n) is 19.1. The van der Waals surface area contributed by atoms with Gasteiger partial charge in [-0.2, -0.15) is 0 Å². The largest absolute Gasteiger partial charge is 0.459 e. The van der Waals surface area contributed by atoms with Crippen molar-refractivity contribution in [1.82, 2.24) is 9.80 Å². The minimum atomic E-state index is -1.80. The van der Waals surface area contributed by atoms with Gasteiger partial charge >= 0.3 is 5.97 Å². The van der Waals surface area contributed by atoms with E-state index in [1.165, 1.54) is 14.0 Å². The summed E-state index contributed by atoms with van der Waals surface area (Å²) < 4.78 is 37.5. The molecule has 0 aromatic heterocycles. The number of esters is 1. The highest BCUT2D eigenvalue weighted by molar-refractivity contribution is 5.73. The molecule has 0 amide bonds. The van der Waals surface area contributed by atoms with Crippen LogP contribution in [-0.4, -0.2) is 166 Å². The summed E-state index contributed by atoms with van der Waals surface area (Å²) in [4.78, 5) is 18.0. The molecular weight excluding hydrogens is 676 g/mol. The molecule has 52 heavy (non-hydrogen) atoms. The first-order chi connectivity index (χ1) is 23.9. The van der Waals surface area contributed by atoms with Gasteiger partial charge < -0.3 is 63.8 Å². The molecule has 18 atom stereocenters. The summed E-state index contributed by atoms with van der Waals surface area (Å²) in [5.74, 6) is -2.58. The van der Waals surface area contributed by atoms with Crippen LogP contribution in [0.5, 0.6) is 0 Å². The zero-order valence-corrected chi connectivity index (χ0v) is 34.2. The van der Waals surface area contributed by atoms with Crippen LogP contribution < -0.4 is 0 Å². The molecule has 3 fully saturated rings. The molecule has 306 valence electrons. The number of nitrogens with zero attached hydrogens (tertiary/aromatic N) is 2. The first kappa shape index (κ1) is 45.4. The summed E-state index contributed by atoms with van der Waals surface area (Å²) in [6, 6.07) is -0.808. The summed E-state index contributed by atoms with van der Waals surface area (Å²) in [6.45, 7) is 18.0. The van der Waals surface area contributed by atoms with Crippen LogP contribution in [0.3, 0.4) is 0 Å². The second kappa shape index (κ2) is 17.8. The maximum absolute atomic E-state index is 14.2. The molecule has 0 aromatic carbocycles. The second-order valence-electron chi connectivity index (χ2n) is 17.2. The number of carbonyl (C=O) groups is 1. The van der Waals surface area contributed by atoms with Crippen molar-refractivity contribution in [2.24, 2.45) is 17.8 Å². The number of likely N-dealkylation sites (N-methyl/N-ethyl adjacent to an activating group) is 2. The van der Waals surface area contributed by atoms with Gasteiger partial charge in [0.05, 0.1) is 41.5 Å². The van der Waals surface area contributed by atoms with E-state index in [1.54, 1.807) is 41.5 Å². The van der Waals surface area contributed by atoms with Crippen molar-refractivity contribution >= 4 is 5.97 Å². The lowest BCUT2D eigenvalue weighted by molar-refractivity contribution is -0.318. The Labute approximate surface area is 312 Å². The highest BCUT2D eigenvalue weighted by Gasteiger charge is 2.52. The van der Waals surface area contributed by atoms with E-state index in [9.17, 15) is 30.3 Å². The lowest BCUT2D eigenvalue weighted by Crippen LogP contribution is -2.60. The molecule has 3 aliphatic rings. The third kappa shape index (κ3) is 10.0. The number of methoxy groups -OCH3 is 1. The molecule has 0 bridgehead atoms. The van der Waals surface area contributed by atoms with E-state index in [0.29, 0.717) is 13.0 Å². The third-order valence-electron chi connectivity index (χ3n) is 12.2. The van der Waals surface area contributed by atoms with E-state index in [0.717, 1.165) is 0 Å². The Kier molecular flexibility index (Phi) is 15.6. The van der Waals surface area contributed by atoms with Crippen LogP contribution in [0, 0.1) is 17.8 Å². The predicted molar refractivity (Wildman–Crippen MR) is 194 cm³/mol. The molecule has 0 radical (unpaired) electrons. The summed E-state index contributed by atoms with van der Waals surface area (Å²) in [5, 5.41) is 58.1. The molecular formula is C38H72N2O12. The van der Waals surface area contributed by atoms with Crippen molar-refractivity contribution in [1.29, 1.82) is 0 Å². The highest BCUT2D eigenvalue weighted by Crippen LogP contribution is 2.40. The minimum absolute atomic E-state index is 0.133. The van der Waals surface area contributed by atoms with Crippen molar-refractivity contribution in [2.45, 2.75) is 185 Å². The van der Waals surface area contributed by atoms with Crippen LogP contribution in [0.25, 0.3) is 0 Å². The number of hydrogen-bond acceptors (Lipinski definition) is 14. The molecule has 3 saturated heterocycles. The first-order valence-corrected chi connectivity index (χ1v) is 19.1. The van der Waals surface area contributed by atoms with Gasteiger partial charge in [-0.3, -0.25) is 4.79 Å². The molecule has 14 nitrogen and oxygen atoms in total. The predicted octanol–water partition coefficient (Wildman–Crippen LogP) is 1.90. The van der Waals surface area contributed by atoms with E-state index >= 15 is 0 Å². The van der Waals surface area contributed by atoms with Gasteiger partial charge in [-0.1, -0.05) is 20.8 Å². The fourth-order valence-corrected chi connectivity index (χ4v) is 8.74. The third-order valence-corrected chi connectivity index (χ3v) is 12.2. The van der Waals surface area contributed by atoms with Crippen LogP contribution in [0.4, 0.5) is 0 Å². The Bertz CT molecular complexity index is 1140. The average Bonchev–Trinajstić information content (AvgIpc) is 3.05. The normalized spacial score (nSPS) is 49.6. The Morgan fingerprint density at radius 2 is 1.56 bits per heavy atom. The number of aliphatic hydroxyl groups excluding tert-OH is 3. The maximum atomic E-state index is 14.2. The topological polar surface area (TPSA) is 180 Å². The van der Waals surface area contributed by atoms with Gasteiger partial charge in [0.15, 0.2) is 12.6 Å². The van der Waals surface area contributed by atoms with Gasteiger partial charge in [0.1, 0.15) is 30.0 Å². The lowest BCUT2D eigenvalue weighted by Gasteiger charge is -2.48. The van der Waals surface area contributed by atoms with E-state index in [1.807, 2.05) is 51.7 Å². The molecule has 3 aliphatic heterocycles. The summed E-state index contributed by atoms with van der Waals surface area (Å²) in [6.07, 6.45) is -8.19. The highest BCUT2D eigenvalue weighted by atomic mass is 16.7. The Morgan fingerprint density at radius 3 is 2.12 bits per heavy atom. The van der Waals surface area contributed by atoms with Crippen molar-refractivity contribution in [3.63, 3.8) is 0 Å². The SMILES string of the molecule is CC[C@H]1OC(=O)[C@H](C)[C@@H](O[C@H]2C[C@@](C)(OC)[C@@H](O)[C@H](C)O2)[C@H](C)C(O[C@@H]2O[C@H](C)C[C@H](N(C)C)[C@H]2O)C(C)(O)C[C@@H](C)CN(C)[C@H](C)[C@@H](O)[C@]1(C)O. The molecule has 0 aromatic rings. The molecule has 3 heterocycles. The number of ether oxygens (including phenoxy) is 6. The van der Waals surface area contributed by atoms with E-state index in [-0.39, 0.29) is 37.3 Å². The molecule has 0 saturated carbocycles. The van der Waals surface area contributed by atoms with Gasteiger partial charge in [0.2, 0.25) is 0 Å². The minimum Gasteiger partial charge on any atom is -0.459 e. The van der Waals surface area contributed by atoms with Crippen LogP contribution >= 0.6 is 0 Å². The van der Waals surface area contributed by atoms with Crippen LogP contribution in [0.2, 0.25) is 0 Å². The fraction of sp³-hybridized carbons (Fsp3) is 0.974. The molecule has 3 rings (SSSR count). The fourth-order valence-electron chi connectivity index (χ4n) is 8.74. The van der Waals surface area contributed by atoms with Gasteiger partial charge in [-0.15, -0.1) is 0 Å². The molecule has 14 heteroatoms. The van der Waals surface area contributed by atoms with Gasteiger partial charge in [0, 0.05) is 38.1 Å². The second-order valence-corrected chi connectivity index (χ2v) is 17.2. The summed E-state index contributed by atoms with van der Waals surface area (Å²) in [5.41, 5.74) is -4.37. The Balaban J connectivity index is 2.17. The monoisotopic (exact) mass is 749 g/mol. The molecule has 2 unspecified atom stereocenters. The quantitative estimate of drug-likeness (QED) is 0.238. The van der Waals surface area contributed by atoms with Gasteiger partial charge in [0.25, 0.3) is 0 Å². The van der Waals surface area contributed by atoms with Crippen LogP contribution in [0.15, 0.2) is 0 Å². The van der Waals surface area contributed by atoms with Crippen molar-refractivity contribution < 1.29 is 58.7 Å². The number of cyclic esters (lactones) is 1. The van der Waals surface area contributed by atoms with E-state index in [2.05, 4.69) is 0 Å². The van der Waals surface area contributed by atoms with Crippen LogP contribution in [-0.2, 0) is 33.2 Å². The molecule has 0 aliphatic carbocycles. The number of carbonyl (C=O) groups excluding carboxylic acids is 1. The Hall–Kier alpha value is -1.01. The van der Waals surface area contributed by atoms with Crippen molar-refractivity contribution in [3.05, 3.63) is 0 Å². The number of hydrogen-bond donors (Lipinski definition) is 5. The van der Waals surface area contributed by atoms with E-state index in [4.69, 9.17) is 28.4 Å². The maximum Gasteiger partial charge on any atom is 0.311 e. The van der Waals surface area contributed by atoms with Crippen LogP contribution in [0.1, 0.15) is 94.9 Å². The molecule has 5 N–H and O–H groups in total. The number of rotatable bonds is 7. The zero-order chi connectivity index (χ0) is 39.7. The zero-order valence-electron chi connectivity index (χ0n) is 34.2. The van der Waals surface area contributed by atoms with E-state index < -0.39 is 96.0 Å². The summed E-state index contributed by atoms with van der Waals surface area (Å²) in [7, 11) is 7.12. The smallest absolute Gasteiger partial charge is 0.311 e.